The van der Waals surface area contributed by atoms with Crippen molar-refractivity contribution in [2.45, 2.75) is 0 Å². The van der Waals surface area contributed by atoms with Crippen LogP contribution >= 0.6 is 0 Å². The predicted octanol–water partition coefficient (Wildman–Crippen LogP) is 2.29. The highest BCUT2D eigenvalue weighted by Crippen LogP contribution is 2.17. The molecule has 0 bridgehead atoms. The quantitative estimate of drug-likeness (QED) is 0.687. The molecule has 0 unspecified atom stereocenters. The average Bonchev–Trinajstić information content (AvgIpc) is 2.54. The molecule has 0 saturated heterocycles. The molecule has 2 aromatic rings. The molecule has 0 aliphatic rings. The van der Waals surface area contributed by atoms with Gasteiger partial charge in [-0.2, -0.15) is 5.10 Å². The number of nitrogens with zero attached hydrogens (tertiary/aromatic N) is 2. The Kier molecular flexibility index (Phi) is 1.99. The van der Waals surface area contributed by atoms with E-state index in [1.54, 1.807) is 0 Å². The molecule has 2 nitrogen and oxygen atoms in total. The Morgan fingerprint density at radius 3 is 2.21 bits per heavy atom. The van der Waals surface area contributed by atoms with Gasteiger partial charge in [0.2, 0.25) is 0 Å². The van der Waals surface area contributed by atoms with Crippen LogP contribution in [0.25, 0.3) is 5.69 Å². The van der Waals surface area contributed by atoms with E-state index in [9.17, 15) is 13.2 Å². The summed E-state index contributed by atoms with van der Waals surface area (Å²) in [5.41, 5.74) is -0.378. The number of rotatable bonds is 1. The van der Waals surface area contributed by atoms with Gasteiger partial charge in [-0.3, -0.25) is 0 Å². The molecule has 72 valence electrons. The molecule has 0 aliphatic carbocycles. The third kappa shape index (κ3) is 1.37. The molecule has 0 fully saturated rings. The first kappa shape index (κ1) is 8.80. The van der Waals surface area contributed by atoms with Crippen molar-refractivity contribution in [3.05, 3.63) is 48.0 Å². The first-order valence-corrected chi connectivity index (χ1v) is 3.83. The molecule has 0 saturated carbocycles. The zero-order valence-electron chi connectivity index (χ0n) is 6.92. The van der Waals surface area contributed by atoms with E-state index in [1.807, 2.05) is 0 Å². The Bertz CT molecular complexity index is 428. The molecule has 0 radical (unpaired) electrons. The Labute approximate surface area is 77.6 Å². The predicted molar refractivity (Wildman–Crippen MR) is 43.4 cm³/mol. The largest absolute Gasteiger partial charge is 0.235 e. The normalized spacial score (nSPS) is 10.5. The summed E-state index contributed by atoms with van der Waals surface area (Å²) in [6.07, 6.45) is 2.75. The van der Waals surface area contributed by atoms with Crippen LogP contribution < -0.4 is 0 Å². The van der Waals surface area contributed by atoms with Gasteiger partial charge in [-0.25, -0.2) is 17.9 Å². The fourth-order valence-electron chi connectivity index (χ4n) is 1.15. The van der Waals surface area contributed by atoms with Crippen LogP contribution in [0.4, 0.5) is 13.2 Å². The highest BCUT2D eigenvalue weighted by atomic mass is 19.1. The van der Waals surface area contributed by atoms with Gasteiger partial charge < -0.3 is 0 Å². The minimum atomic E-state index is -0.980. The number of aromatic nitrogens is 2. The number of halogens is 3. The van der Waals surface area contributed by atoms with Gasteiger partial charge in [-0.05, 0) is 6.07 Å². The summed E-state index contributed by atoms with van der Waals surface area (Å²) in [6, 6.07) is 2.74. The lowest BCUT2D eigenvalue weighted by Crippen LogP contribution is -2.02. The lowest BCUT2D eigenvalue weighted by Gasteiger charge is -2.04. The minimum Gasteiger partial charge on any atom is -0.235 e. The molecule has 1 aromatic carbocycles. The summed E-state index contributed by atoms with van der Waals surface area (Å²) in [7, 11) is 0. The van der Waals surface area contributed by atoms with E-state index in [0.717, 1.165) is 4.68 Å². The Hall–Kier alpha value is -1.78. The van der Waals surface area contributed by atoms with Crippen molar-refractivity contribution in [1.82, 2.24) is 9.78 Å². The van der Waals surface area contributed by atoms with Crippen molar-refractivity contribution < 1.29 is 13.2 Å². The zero-order valence-corrected chi connectivity index (χ0v) is 6.92. The molecule has 0 spiro atoms. The van der Waals surface area contributed by atoms with E-state index in [0.29, 0.717) is 12.1 Å². The molecule has 2 rings (SSSR count). The standard InChI is InChI=1S/C9H5F3N2/c10-6-4-7(11)9(8(12)5-6)14-3-1-2-13-14/h1-5H. The van der Waals surface area contributed by atoms with Crippen molar-refractivity contribution in [2.75, 3.05) is 0 Å². The summed E-state index contributed by atoms with van der Waals surface area (Å²) < 4.78 is 39.8. The highest BCUT2D eigenvalue weighted by Gasteiger charge is 2.12. The third-order valence-corrected chi connectivity index (χ3v) is 1.72. The second kappa shape index (κ2) is 3.17. The van der Waals surface area contributed by atoms with E-state index in [-0.39, 0.29) is 5.69 Å². The first-order valence-electron chi connectivity index (χ1n) is 3.83. The summed E-state index contributed by atoms with van der Waals surface area (Å²) >= 11 is 0. The van der Waals surface area contributed by atoms with Crippen LogP contribution in [0, 0.1) is 17.5 Å². The second-order valence-corrected chi connectivity index (χ2v) is 2.67. The third-order valence-electron chi connectivity index (χ3n) is 1.72. The van der Waals surface area contributed by atoms with E-state index >= 15 is 0 Å². The van der Waals surface area contributed by atoms with E-state index in [2.05, 4.69) is 5.10 Å². The van der Waals surface area contributed by atoms with Crippen LogP contribution in [-0.4, -0.2) is 9.78 Å². The molecule has 0 aliphatic heterocycles. The van der Waals surface area contributed by atoms with Crippen LogP contribution in [0.15, 0.2) is 30.6 Å². The molecular formula is C9H5F3N2. The van der Waals surface area contributed by atoms with Crippen molar-refractivity contribution in [3.63, 3.8) is 0 Å². The maximum absolute atomic E-state index is 13.1. The van der Waals surface area contributed by atoms with Gasteiger partial charge in [0.15, 0.2) is 11.6 Å². The van der Waals surface area contributed by atoms with Gasteiger partial charge in [0.05, 0.1) is 0 Å². The topological polar surface area (TPSA) is 17.8 Å². The van der Waals surface area contributed by atoms with Crippen molar-refractivity contribution >= 4 is 0 Å². The van der Waals surface area contributed by atoms with Gasteiger partial charge in [-0.1, -0.05) is 0 Å². The highest BCUT2D eigenvalue weighted by molar-refractivity contribution is 5.34. The number of hydrogen-bond acceptors (Lipinski definition) is 1. The van der Waals surface area contributed by atoms with Gasteiger partial charge >= 0.3 is 0 Å². The van der Waals surface area contributed by atoms with Crippen LogP contribution in [0.3, 0.4) is 0 Å². The lowest BCUT2D eigenvalue weighted by atomic mass is 10.3. The zero-order chi connectivity index (χ0) is 10.1. The van der Waals surface area contributed by atoms with Gasteiger partial charge in [-0.15, -0.1) is 0 Å². The fraction of sp³-hybridized carbons (Fsp3) is 0. The molecule has 0 N–H and O–H groups in total. The van der Waals surface area contributed by atoms with E-state index in [1.165, 1.54) is 18.5 Å². The van der Waals surface area contributed by atoms with E-state index in [4.69, 9.17) is 0 Å². The molecule has 0 atom stereocenters. The average molecular weight is 198 g/mol. The van der Waals surface area contributed by atoms with Crippen molar-refractivity contribution in [1.29, 1.82) is 0 Å². The Balaban J connectivity index is 2.64. The monoisotopic (exact) mass is 198 g/mol. The molecule has 1 heterocycles. The SMILES string of the molecule is Fc1cc(F)c(-n2cccn2)c(F)c1. The number of benzene rings is 1. The fourth-order valence-corrected chi connectivity index (χ4v) is 1.15. The second-order valence-electron chi connectivity index (χ2n) is 2.67. The molecule has 1 aromatic heterocycles. The van der Waals surface area contributed by atoms with E-state index < -0.39 is 17.5 Å². The van der Waals surface area contributed by atoms with Crippen LogP contribution in [0.5, 0.6) is 0 Å². The van der Waals surface area contributed by atoms with Crippen molar-refractivity contribution in [3.8, 4) is 5.69 Å². The first-order chi connectivity index (χ1) is 6.68. The Morgan fingerprint density at radius 2 is 1.71 bits per heavy atom. The van der Waals surface area contributed by atoms with Crippen LogP contribution in [0.1, 0.15) is 0 Å². The van der Waals surface area contributed by atoms with Gasteiger partial charge in [0.1, 0.15) is 11.5 Å². The molecule has 14 heavy (non-hydrogen) atoms. The van der Waals surface area contributed by atoms with Crippen LogP contribution in [0.2, 0.25) is 0 Å². The smallest absolute Gasteiger partial charge is 0.154 e. The summed E-state index contributed by atoms with van der Waals surface area (Å²) in [5, 5.41) is 3.65. The maximum Gasteiger partial charge on any atom is 0.154 e. The minimum absolute atomic E-state index is 0.378. The van der Waals surface area contributed by atoms with Gasteiger partial charge in [0.25, 0.3) is 0 Å². The molecule has 0 amide bonds. The summed E-state index contributed by atoms with van der Waals surface area (Å²) in [4.78, 5) is 0. The van der Waals surface area contributed by atoms with Crippen LogP contribution in [-0.2, 0) is 0 Å². The summed E-state index contributed by atoms with van der Waals surface area (Å²) in [5.74, 6) is -2.91. The lowest BCUT2D eigenvalue weighted by molar-refractivity contribution is 0.528. The maximum atomic E-state index is 13.1. The van der Waals surface area contributed by atoms with Gasteiger partial charge in [0, 0.05) is 24.5 Å². The Morgan fingerprint density at radius 1 is 1.07 bits per heavy atom. The molecular weight excluding hydrogens is 193 g/mol. The summed E-state index contributed by atoms with van der Waals surface area (Å²) in [6.45, 7) is 0. The molecule has 5 heteroatoms. The van der Waals surface area contributed by atoms with Crippen molar-refractivity contribution in [2.24, 2.45) is 0 Å². The number of hydrogen-bond donors (Lipinski definition) is 0.